The van der Waals surface area contributed by atoms with Crippen LogP contribution >= 0.6 is 0 Å². The molecule has 10 nitrogen and oxygen atoms in total. The summed E-state index contributed by atoms with van der Waals surface area (Å²) in [6, 6.07) is 28.6. The van der Waals surface area contributed by atoms with Crippen molar-refractivity contribution in [1.29, 1.82) is 0 Å². The monoisotopic (exact) mass is 806 g/mol. The van der Waals surface area contributed by atoms with E-state index in [0.717, 1.165) is 112 Å². The molecule has 308 valence electrons. The molecule has 0 saturated carbocycles. The third kappa shape index (κ3) is 8.03. The fourth-order valence-corrected chi connectivity index (χ4v) is 9.79. The van der Waals surface area contributed by atoms with Gasteiger partial charge >= 0.3 is 0 Å². The van der Waals surface area contributed by atoms with Crippen LogP contribution in [0.2, 0.25) is 0 Å². The van der Waals surface area contributed by atoms with E-state index in [1.54, 1.807) is 6.07 Å². The van der Waals surface area contributed by atoms with Gasteiger partial charge in [-0.2, -0.15) is 0 Å². The van der Waals surface area contributed by atoms with E-state index in [2.05, 4.69) is 78.8 Å². The molecule has 3 N–H and O–H groups in total. The number of aromatic nitrogens is 1. The van der Waals surface area contributed by atoms with E-state index in [1.165, 1.54) is 63.2 Å². The maximum Gasteiger partial charge on any atom is 0.262 e. The smallest absolute Gasteiger partial charge is 0.262 e. The largest absolute Gasteiger partial charge is 0.482 e. The second-order valence-electron chi connectivity index (χ2n) is 16.8. The Hall–Kier alpha value is -5.91. The Morgan fingerprint density at radius 2 is 1.28 bits per heavy atom. The minimum Gasteiger partial charge on any atom is -0.482 e. The van der Waals surface area contributed by atoms with Crippen LogP contribution in [0.3, 0.4) is 0 Å². The molecular weight excluding hydrogens is 756 g/mol. The Kier molecular flexibility index (Phi) is 10.6. The third-order valence-electron chi connectivity index (χ3n) is 13.1. The lowest BCUT2D eigenvalue weighted by molar-refractivity contribution is -0.119. The number of piperazine rings is 1. The molecule has 0 bridgehead atoms. The minimum absolute atomic E-state index is 0.0798. The number of amides is 2. The molecule has 0 atom stereocenters. The maximum absolute atomic E-state index is 13.7. The first kappa shape index (κ1) is 38.3. The van der Waals surface area contributed by atoms with Crippen LogP contribution in [0, 0.1) is 5.82 Å². The molecule has 11 rings (SSSR count). The van der Waals surface area contributed by atoms with E-state index in [4.69, 9.17) is 9.47 Å². The first-order chi connectivity index (χ1) is 29.4. The molecule has 0 radical (unpaired) electrons. The number of fused-ring (bicyclic) bond motifs is 3. The van der Waals surface area contributed by atoms with Gasteiger partial charge in [-0.1, -0.05) is 36.4 Å². The van der Waals surface area contributed by atoms with Crippen molar-refractivity contribution in [1.82, 2.24) is 14.8 Å². The topological polar surface area (TPSA) is 102 Å². The van der Waals surface area contributed by atoms with E-state index >= 15 is 0 Å². The lowest BCUT2D eigenvalue weighted by Gasteiger charge is -2.36. The second-order valence-corrected chi connectivity index (χ2v) is 16.8. The van der Waals surface area contributed by atoms with Crippen LogP contribution in [0.1, 0.15) is 46.6 Å². The molecule has 60 heavy (non-hydrogen) atoms. The number of ether oxygens (including phenoxy) is 2. The van der Waals surface area contributed by atoms with Crippen molar-refractivity contribution in [3.63, 3.8) is 0 Å². The molecule has 4 aliphatic heterocycles. The van der Waals surface area contributed by atoms with Crippen LogP contribution in [0.25, 0.3) is 21.7 Å². The summed E-state index contributed by atoms with van der Waals surface area (Å²) in [6.07, 6.45) is 8.49. The number of H-pyrrole nitrogens is 1. The van der Waals surface area contributed by atoms with E-state index in [-0.39, 0.29) is 30.8 Å². The number of halogens is 1. The maximum atomic E-state index is 13.7. The van der Waals surface area contributed by atoms with Gasteiger partial charge in [-0.05, 0) is 139 Å². The third-order valence-corrected chi connectivity index (χ3v) is 13.1. The molecule has 2 saturated heterocycles. The number of anilines is 3. The predicted molar refractivity (Wildman–Crippen MR) is 235 cm³/mol. The van der Waals surface area contributed by atoms with Crippen molar-refractivity contribution in [2.24, 2.45) is 0 Å². The number of piperidine rings is 1. The lowest BCUT2D eigenvalue weighted by Crippen LogP contribution is -2.47. The number of hydrogen-bond acceptors (Lipinski definition) is 7. The minimum atomic E-state index is -0.178. The number of rotatable bonds is 8. The quantitative estimate of drug-likeness (QED) is 0.145. The average Bonchev–Trinajstić information content (AvgIpc) is 3.90. The van der Waals surface area contributed by atoms with Gasteiger partial charge < -0.3 is 34.9 Å². The van der Waals surface area contributed by atoms with Gasteiger partial charge in [-0.15, -0.1) is 0 Å². The van der Waals surface area contributed by atoms with Crippen LogP contribution in [-0.4, -0.2) is 92.2 Å². The van der Waals surface area contributed by atoms with E-state index < -0.39 is 0 Å². The summed E-state index contributed by atoms with van der Waals surface area (Å²) >= 11 is 0. The van der Waals surface area contributed by atoms with Crippen molar-refractivity contribution in [3.8, 4) is 11.5 Å². The summed E-state index contributed by atoms with van der Waals surface area (Å²) in [5.74, 6) is 1.62. The van der Waals surface area contributed by atoms with Crippen molar-refractivity contribution < 1.29 is 23.5 Å². The molecule has 0 spiro atoms. The summed E-state index contributed by atoms with van der Waals surface area (Å²) in [6.45, 7) is 8.57. The fourth-order valence-electron chi connectivity index (χ4n) is 9.79. The van der Waals surface area contributed by atoms with Crippen LogP contribution in [0.15, 0.2) is 91.1 Å². The number of benzene rings is 5. The second kappa shape index (κ2) is 16.6. The van der Waals surface area contributed by atoms with Crippen molar-refractivity contribution in [2.75, 3.05) is 81.1 Å². The summed E-state index contributed by atoms with van der Waals surface area (Å²) in [7, 11) is 0. The average molecular weight is 807 g/mol. The SMILES string of the molecule is O=C1COc2ccc(CCN3CCC(c4c[nH]c5ccc(F)cc45)CC3)cc2N1.O=C1COc2ccc(CCN3CCN(c4ccc5c6c(cccc46)CC5)CC3)cc2N1. The zero-order chi connectivity index (χ0) is 40.6. The number of nitrogens with one attached hydrogen (secondary N) is 3. The summed E-state index contributed by atoms with van der Waals surface area (Å²) in [4.78, 5) is 33.9. The standard InChI is InChI=1S/C26H27N3O2.C23H24FN3O2/c30-25-17-31-24-9-4-18(16-22(24)27-25)10-11-28-12-14-29(15-13-28)23-8-7-20-6-5-19-2-1-3-21(23)26(19)20;24-17-2-3-20-18(12-17)19(13-25-20)16-6-9-27(10-7-16)8-5-15-1-4-22-21(11-15)26-23(28)14-29-22/h1-4,7-9,16H,5-6,10-15,17H2,(H,27,30);1-4,11-13,16,25H,5-10,14H2,(H,26,28). The molecule has 5 aromatic carbocycles. The number of carbonyl (C=O) groups is 2. The summed E-state index contributed by atoms with van der Waals surface area (Å²) in [5, 5.41) is 9.73. The molecule has 0 unspecified atom stereocenters. The summed E-state index contributed by atoms with van der Waals surface area (Å²) in [5.41, 5.74) is 10.7. The van der Waals surface area contributed by atoms with Crippen molar-refractivity contribution >= 4 is 50.6 Å². The Bertz CT molecular complexity index is 2560. The van der Waals surface area contributed by atoms with Crippen LogP contribution < -0.4 is 25.0 Å². The number of carbonyl (C=O) groups excluding carboxylic acids is 2. The van der Waals surface area contributed by atoms with Crippen LogP contribution in [-0.2, 0) is 35.3 Å². The Morgan fingerprint density at radius 1 is 0.650 bits per heavy atom. The molecule has 5 aliphatic rings. The highest BCUT2D eigenvalue weighted by Gasteiger charge is 2.25. The fraction of sp³-hybridized carbons (Fsp3) is 0.347. The Balaban J connectivity index is 0.000000145. The van der Waals surface area contributed by atoms with E-state index in [0.29, 0.717) is 5.92 Å². The molecular formula is C49H51FN6O4. The molecule has 5 heterocycles. The van der Waals surface area contributed by atoms with Crippen LogP contribution in [0.4, 0.5) is 21.5 Å². The van der Waals surface area contributed by atoms with Gasteiger partial charge in [-0.25, -0.2) is 4.39 Å². The van der Waals surface area contributed by atoms with Crippen molar-refractivity contribution in [2.45, 2.75) is 44.4 Å². The van der Waals surface area contributed by atoms with E-state index in [9.17, 15) is 14.0 Å². The highest BCUT2D eigenvalue weighted by atomic mass is 19.1. The highest BCUT2D eigenvalue weighted by molar-refractivity contribution is 6.00. The number of aryl methyl sites for hydroxylation is 2. The van der Waals surface area contributed by atoms with Crippen LogP contribution in [0.5, 0.6) is 11.5 Å². The predicted octanol–water partition coefficient (Wildman–Crippen LogP) is 7.69. The number of aromatic amines is 1. The number of nitrogens with zero attached hydrogens (tertiary/aromatic N) is 3. The molecule has 11 heteroatoms. The Labute approximate surface area is 349 Å². The number of likely N-dealkylation sites (tertiary alicyclic amines) is 1. The molecule has 2 amide bonds. The van der Waals surface area contributed by atoms with E-state index in [1.807, 2.05) is 30.5 Å². The summed E-state index contributed by atoms with van der Waals surface area (Å²) < 4.78 is 24.5. The van der Waals surface area contributed by atoms with Gasteiger partial charge in [0.15, 0.2) is 13.2 Å². The van der Waals surface area contributed by atoms with Crippen molar-refractivity contribution in [3.05, 3.63) is 125 Å². The van der Waals surface area contributed by atoms with Gasteiger partial charge in [-0.3, -0.25) is 14.5 Å². The van der Waals surface area contributed by atoms with Gasteiger partial charge in [0, 0.05) is 67.4 Å². The molecule has 1 aliphatic carbocycles. The van der Waals surface area contributed by atoms with Gasteiger partial charge in [0.1, 0.15) is 17.3 Å². The molecule has 2 fully saturated rings. The Morgan fingerprint density at radius 3 is 1.95 bits per heavy atom. The number of hydrogen-bond donors (Lipinski definition) is 3. The lowest BCUT2D eigenvalue weighted by atomic mass is 9.89. The van der Waals surface area contributed by atoms with Gasteiger partial charge in [0.25, 0.3) is 11.8 Å². The molecule has 6 aromatic rings. The zero-order valence-electron chi connectivity index (χ0n) is 33.9. The molecule has 1 aromatic heterocycles. The van der Waals surface area contributed by atoms with Gasteiger partial charge in [0.05, 0.1) is 11.4 Å². The highest BCUT2D eigenvalue weighted by Crippen LogP contribution is 2.38. The first-order valence-electron chi connectivity index (χ1n) is 21.5. The zero-order valence-corrected chi connectivity index (χ0v) is 33.9. The first-order valence-corrected chi connectivity index (χ1v) is 21.5. The normalized spacial score (nSPS) is 17.9. The van der Waals surface area contributed by atoms with Gasteiger partial charge in [0.2, 0.25) is 0 Å².